The Labute approximate surface area is 122 Å². The van der Waals surface area contributed by atoms with Crippen LogP contribution in [0.5, 0.6) is 0 Å². The van der Waals surface area contributed by atoms with E-state index in [0.717, 1.165) is 18.6 Å². The minimum absolute atomic E-state index is 0.269. The quantitative estimate of drug-likeness (QED) is 0.476. The molecule has 0 radical (unpaired) electrons. The smallest absolute Gasteiger partial charge is 0.338 e. The molecule has 0 aliphatic heterocycles. The fourth-order valence-electron chi connectivity index (χ4n) is 1.98. The molecular formula is C17H26O3. The van der Waals surface area contributed by atoms with E-state index in [9.17, 15) is 4.79 Å². The van der Waals surface area contributed by atoms with Gasteiger partial charge in [-0.1, -0.05) is 50.8 Å². The fourth-order valence-corrected chi connectivity index (χ4v) is 1.98. The van der Waals surface area contributed by atoms with Crippen LogP contribution in [0.2, 0.25) is 0 Å². The van der Waals surface area contributed by atoms with Crippen LogP contribution in [0.25, 0.3) is 0 Å². The van der Waals surface area contributed by atoms with Gasteiger partial charge in [-0.15, -0.1) is 0 Å². The first-order chi connectivity index (χ1) is 9.75. The van der Waals surface area contributed by atoms with Crippen molar-refractivity contribution in [2.45, 2.75) is 46.0 Å². The number of aryl methyl sites for hydroxylation is 1. The highest BCUT2D eigenvalue weighted by Crippen LogP contribution is 2.08. The molecule has 3 heteroatoms. The van der Waals surface area contributed by atoms with E-state index in [1.54, 1.807) is 6.07 Å². The summed E-state index contributed by atoms with van der Waals surface area (Å²) in [5, 5.41) is 0. The Kier molecular flexibility index (Phi) is 8.72. The molecule has 0 unspecified atom stereocenters. The van der Waals surface area contributed by atoms with Crippen molar-refractivity contribution < 1.29 is 14.3 Å². The van der Waals surface area contributed by atoms with E-state index in [2.05, 4.69) is 6.92 Å². The van der Waals surface area contributed by atoms with Crippen LogP contribution in [-0.2, 0) is 9.47 Å². The Morgan fingerprint density at radius 1 is 1.00 bits per heavy atom. The summed E-state index contributed by atoms with van der Waals surface area (Å²) in [7, 11) is 0. The first-order valence-electron chi connectivity index (χ1n) is 7.56. The molecule has 0 spiro atoms. The van der Waals surface area contributed by atoms with Crippen LogP contribution in [0.3, 0.4) is 0 Å². The third kappa shape index (κ3) is 6.71. The van der Waals surface area contributed by atoms with Crippen molar-refractivity contribution >= 4 is 5.97 Å². The largest absolute Gasteiger partial charge is 0.460 e. The van der Waals surface area contributed by atoms with Gasteiger partial charge in [-0.25, -0.2) is 4.79 Å². The molecule has 0 atom stereocenters. The highest BCUT2D eigenvalue weighted by molar-refractivity contribution is 5.90. The molecule has 0 saturated heterocycles. The van der Waals surface area contributed by atoms with Gasteiger partial charge in [0.1, 0.15) is 6.61 Å². The molecule has 0 aliphatic carbocycles. The van der Waals surface area contributed by atoms with Gasteiger partial charge in [-0.05, 0) is 25.0 Å². The van der Waals surface area contributed by atoms with Crippen LogP contribution < -0.4 is 0 Å². The predicted octanol–water partition coefficient (Wildman–Crippen LogP) is 4.14. The summed E-state index contributed by atoms with van der Waals surface area (Å²) in [6, 6.07) is 7.44. The number of carbonyl (C=O) groups is 1. The number of carbonyl (C=O) groups excluding carboxylic acids is 1. The molecule has 0 heterocycles. The summed E-state index contributed by atoms with van der Waals surface area (Å²) < 4.78 is 10.6. The van der Waals surface area contributed by atoms with Crippen LogP contribution in [0.4, 0.5) is 0 Å². The van der Waals surface area contributed by atoms with Crippen molar-refractivity contribution in [3.63, 3.8) is 0 Å². The minimum atomic E-state index is -0.269. The number of rotatable bonds is 10. The van der Waals surface area contributed by atoms with Crippen molar-refractivity contribution in [3.8, 4) is 0 Å². The molecule has 20 heavy (non-hydrogen) atoms. The van der Waals surface area contributed by atoms with Gasteiger partial charge in [-0.3, -0.25) is 0 Å². The number of unbranched alkanes of at least 4 members (excludes halogenated alkanes) is 4. The number of hydrogen-bond acceptors (Lipinski definition) is 3. The SMILES string of the molecule is CCCCCCCOCCOC(=O)c1ccccc1C. The van der Waals surface area contributed by atoms with Crippen LogP contribution in [0.15, 0.2) is 24.3 Å². The normalized spacial score (nSPS) is 10.5. The second kappa shape index (κ2) is 10.4. The standard InChI is InChI=1S/C17H26O3/c1-3-4-5-6-9-12-19-13-14-20-17(18)16-11-8-7-10-15(16)2/h7-8,10-11H,3-6,9,12-14H2,1-2H3. The lowest BCUT2D eigenvalue weighted by molar-refractivity contribution is 0.0311. The molecule has 0 aromatic heterocycles. The average molecular weight is 278 g/mol. The van der Waals surface area contributed by atoms with E-state index in [-0.39, 0.29) is 5.97 Å². The van der Waals surface area contributed by atoms with Crippen molar-refractivity contribution in [1.82, 2.24) is 0 Å². The van der Waals surface area contributed by atoms with E-state index >= 15 is 0 Å². The number of hydrogen-bond donors (Lipinski definition) is 0. The molecule has 0 fully saturated rings. The van der Waals surface area contributed by atoms with Gasteiger partial charge in [0.05, 0.1) is 12.2 Å². The monoisotopic (exact) mass is 278 g/mol. The maximum Gasteiger partial charge on any atom is 0.338 e. The van der Waals surface area contributed by atoms with Gasteiger partial charge in [0.25, 0.3) is 0 Å². The fraction of sp³-hybridized carbons (Fsp3) is 0.588. The maximum atomic E-state index is 11.8. The van der Waals surface area contributed by atoms with Gasteiger partial charge in [0, 0.05) is 6.61 Å². The van der Waals surface area contributed by atoms with Crippen molar-refractivity contribution in [3.05, 3.63) is 35.4 Å². The second-order valence-corrected chi connectivity index (χ2v) is 4.98. The Morgan fingerprint density at radius 3 is 2.50 bits per heavy atom. The van der Waals surface area contributed by atoms with Crippen molar-refractivity contribution in [2.24, 2.45) is 0 Å². The molecule has 0 N–H and O–H groups in total. The second-order valence-electron chi connectivity index (χ2n) is 4.98. The predicted molar refractivity (Wildman–Crippen MR) is 81.0 cm³/mol. The molecule has 1 rings (SSSR count). The summed E-state index contributed by atoms with van der Waals surface area (Å²) >= 11 is 0. The highest BCUT2D eigenvalue weighted by Gasteiger charge is 2.08. The van der Waals surface area contributed by atoms with E-state index in [4.69, 9.17) is 9.47 Å². The lowest BCUT2D eigenvalue weighted by atomic mass is 10.1. The zero-order chi connectivity index (χ0) is 14.6. The summed E-state index contributed by atoms with van der Waals surface area (Å²) in [5.41, 5.74) is 1.57. The van der Waals surface area contributed by atoms with Crippen molar-refractivity contribution in [1.29, 1.82) is 0 Å². The molecular weight excluding hydrogens is 252 g/mol. The molecule has 1 aromatic carbocycles. The summed E-state index contributed by atoms with van der Waals surface area (Å²) in [4.78, 5) is 11.8. The Balaban J connectivity index is 2.04. The zero-order valence-electron chi connectivity index (χ0n) is 12.7. The van der Waals surface area contributed by atoms with Crippen molar-refractivity contribution in [2.75, 3.05) is 19.8 Å². The van der Waals surface area contributed by atoms with Crippen LogP contribution in [-0.4, -0.2) is 25.8 Å². The van der Waals surface area contributed by atoms with Gasteiger partial charge >= 0.3 is 5.97 Å². The van der Waals surface area contributed by atoms with E-state index in [1.165, 1.54) is 25.7 Å². The number of ether oxygens (including phenoxy) is 2. The average Bonchev–Trinajstić information content (AvgIpc) is 2.46. The Bertz CT molecular complexity index is 388. The first kappa shape index (κ1) is 16.7. The third-order valence-electron chi connectivity index (χ3n) is 3.22. The van der Waals surface area contributed by atoms with Crippen LogP contribution >= 0.6 is 0 Å². The highest BCUT2D eigenvalue weighted by atomic mass is 16.6. The Hall–Kier alpha value is -1.35. The Morgan fingerprint density at radius 2 is 1.75 bits per heavy atom. The van der Waals surface area contributed by atoms with E-state index in [0.29, 0.717) is 18.8 Å². The molecule has 0 amide bonds. The van der Waals surface area contributed by atoms with E-state index < -0.39 is 0 Å². The molecule has 0 aliphatic rings. The molecule has 3 nitrogen and oxygen atoms in total. The van der Waals surface area contributed by atoms with E-state index in [1.807, 2.05) is 25.1 Å². The van der Waals surface area contributed by atoms with Gasteiger partial charge in [0.15, 0.2) is 0 Å². The van der Waals surface area contributed by atoms with Gasteiger partial charge in [-0.2, -0.15) is 0 Å². The summed E-state index contributed by atoms with van der Waals surface area (Å²) in [6.07, 6.45) is 6.15. The molecule has 0 saturated carbocycles. The van der Waals surface area contributed by atoms with Gasteiger partial charge in [0.2, 0.25) is 0 Å². The third-order valence-corrected chi connectivity index (χ3v) is 3.22. The number of esters is 1. The van der Waals surface area contributed by atoms with Crippen LogP contribution in [0.1, 0.15) is 54.9 Å². The lowest BCUT2D eigenvalue weighted by Gasteiger charge is -2.07. The van der Waals surface area contributed by atoms with Crippen LogP contribution in [0, 0.1) is 6.92 Å². The van der Waals surface area contributed by atoms with Gasteiger partial charge < -0.3 is 9.47 Å². The first-order valence-corrected chi connectivity index (χ1v) is 7.56. The molecule has 1 aromatic rings. The summed E-state index contributed by atoms with van der Waals surface area (Å²) in [6.45, 7) is 5.67. The molecule has 112 valence electrons. The topological polar surface area (TPSA) is 35.5 Å². The molecule has 0 bridgehead atoms. The maximum absolute atomic E-state index is 11.8. The minimum Gasteiger partial charge on any atom is -0.460 e. The zero-order valence-corrected chi connectivity index (χ0v) is 12.7. The number of benzene rings is 1. The lowest BCUT2D eigenvalue weighted by Crippen LogP contribution is -2.12. The summed E-state index contributed by atoms with van der Waals surface area (Å²) in [5.74, 6) is -0.269.